The fourth-order valence-corrected chi connectivity index (χ4v) is 0.973. The van der Waals surface area contributed by atoms with Crippen molar-refractivity contribution in [1.29, 1.82) is 0 Å². The molecule has 1 aromatic rings. The Morgan fingerprint density at radius 1 is 1.43 bits per heavy atom. The van der Waals surface area contributed by atoms with Gasteiger partial charge in [0.25, 0.3) is 0 Å². The number of anilines is 2. The van der Waals surface area contributed by atoms with Crippen molar-refractivity contribution in [1.82, 2.24) is 0 Å². The molecule has 4 nitrogen and oxygen atoms in total. The SMILES string of the molecule is COC(=O)C=Cc1cccc(N)c1N. The molecule has 0 saturated heterocycles. The molecule has 0 aliphatic rings. The molecule has 0 bridgehead atoms. The molecule has 0 aliphatic carbocycles. The molecule has 14 heavy (non-hydrogen) atoms. The molecule has 0 unspecified atom stereocenters. The van der Waals surface area contributed by atoms with Gasteiger partial charge in [0.15, 0.2) is 0 Å². The van der Waals surface area contributed by atoms with E-state index >= 15 is 0 Å². The van der Waals surface area contributed by atoms with Crippen LogP contribution in [0.3, 0.4) is 0 Å². The fourth-order valence-electron chi connectivity index (χ4n) is 0.973. The maximum Gasteiger partial charge on any atom is 0.330 e. The highest BCUT2D eigenvalue weighted by molar-refractivity contribution is 5.89. The third kappa shape index (κ3) is 2.26. The van der Waals surface area contributed by atoms with Gasteiger partial charge < -0.3 is 16.2 Å². The number of esters is 1. The van der Waals surface area contributed by atoms with Crippen molar-refractivity contribution in [3.05, 3.63) is 29.8 Å². The smallest absolute Gasteiger partial charge is 0.330 e. The first-order valence-electron chi connectivity index (χ1n) is 4.05. The van der Waals surface area contributed by atoms with Crippen LogP contribution in [-0.2, 0) is 9.53 Å². The number of benzene rings is 1. The summed E-state index contributed by atoms with van der Waals surface area (Å²) in [5.41, 5.74) is 12.9. The first-order chi connectivity index (χ1) is 6.65. The van der Waals surface area contributed by atoms with E-state index < -0.39 is 5.97 Å². The van der Waals surface area contributed by atoms with Crippen molar-refractivity contribution in [2.24, 2.45) is 0 Å². The van der Waals surface area contributed by atoms with Crippen molar-refractivity contribution in [2.75, 3.05) is 18.6 Å². The number of hydrogen-bond acceptors (Lipinski definition) is 4. The van der Waals surface area contributed by atoms with Crippen LogP contribution in [-0.4, -0.2) is 13.1 Å². The van der Waals surface area contributed by atoms with Crippen LogP contribution in [0, 0.1) is 0 Å². The van der Waals surface area contributed by atoms with Crippen LogP contribution in [0.4, 0.5) is 11.4 Å². The second kappa shape index (κ2) is 4.32. The predicted molar refractivity (Wildman–Crippen MR) is 56.3 cm³/mol. The number of methoxy groups -OCH3 is 1. The Hall–Kier alpha value is -1.97. The van der Waals surface area contributed by atoms with E-state index in [9.17, 15) is 4.79 Å². The van der Waals surface area contributed by atoms with Gasteiger partial charge in [-0.3, -0.25) is 0 Å². The van der Waals surface area contributed by atoms with Gasteiger partial charge in [-0.15, -0.1) is 0 Å². The number of para-hydroxylation sites is 1. The first kappa shape index (κ1) is 10.1. The number of carbonyl (C=O) groups excluding carboxylic acids is 1. The van der Waals surface area contributed by atoms with Gasteiger partial charge in [0.2, 0.25) is 0 Å². The highest BCUT2D eigenvalue weighted by Crippen LogP contribution is 2.20. The Morgan fingerprint density at radius 2 is 2.14 bits per heavy atom. The minimum atomic E-state index is -0.424. The molecule has 4 heteroatoms. The van der Waals surface area contributed by atoms with Crippen LogP contribution >= 0.6 is 0 Å². The zero-order chi connectivity index (χ0) is 10.6. The van der Waals surface area contributed by atoms with Crippen LogP contribution < -0.4 is 11.5 Å². The van der Waals surface area contributed by atoms with Gasteiger partial charge in [-0.2, -0.15) is 0 Å². The molecule has 4 N–H and O–H groups in total. The lowest BCUT2D eigenvalue weighted by molar-refractivity contribution is -0.134. The fraction of sp³-hybridized carbons (Fsp3) is 0.100. The number of ether oxygens (including phenoxy) is 1. The van der Waals surface area contributed by atoms with E-state index in [1.165, 1.54) is 13.2 Å². The van der Waals surface area contributed by atoms with E-state index in [0.717, 1.165) is 0 Å². The van der Waals surface area contributed by atoms with Crippen molar-refractivity contribution in [3.8, 4) is 0 Å². The molecule has 0 radical (unpaired) electrons. The van der Waals surface area contributed by atoms with E-state index in [4.69, 9.17) is 11.5 Å². The lowest BCUT2D eigenvalue weighted by Crippen LogP contribution is -1.97. The third-order valence-electron chi connectivity index (χ3n) is 1.77. The van der Waals surface area contributed by atoms with Gasteiger partial charge in [-0.05, 0) is 17.7 Å². The Balaban J connectivity index is 2.92. The van der Waals surface area contributed by atoms with Crippen LogP contribution in [0.1, 0.15) is 5.56 Å². The number of nitrogens with two attached hydrogens (primary N) is 2. The highest BCUT2D eigenvalue weighted by atomic mass is 16.5. The monoisotopic (exact) mass is 192 g/mol. The molecule has 0 aromatic heterocycles. The number of rotatable bonds is 2. The Bertz CT molecular complexity index is 372. The van der Waals surface area contributed by atoms with Crippen LogP contribution in [0.15, 0.2) is 24.3 Å². The standard InChI is InChI=1S/C10H12N2O2/c1-14-9(13)6-5-7-3-2-4-8(11)10(7)12/h2-6H,11-12H2,1H3. The quantitative estimate of drug-likeness (QED) is 0.417. The molecular weight excluding hydrogens is 180 g/mol. The molecule has 0 saturated carbocycles. The van der Waals surface area contributed by atoms with Crippen molar-refractivity contribution in [2.45, 2.75) is 0 Å². The van der Waals surface area contributed by atoms with Gasteiger partial charge >= 0.3 is 5.97 Å². The van der Waals surface area contributed by atoms with E-state index in [1.54, 1.807) is 24.3 Å². The molecule has 0 atom stereocenters. The third-order valence-corrected chi connectivity index (χ3v) is 1.77. The predicted octanol–water partition coefficient (Wildman–Crippen LogP) is 1.04. The van der Waals surface area contributed by atoms with Crippen LogP contribution in [0.2, 0.25) is 0 Å². The molecule has 0 heterocycles. The summed E-state index contributed by atoms with van der Waals surface area (Å²) in [4.78, 5) is 10.8. The van der Waals surface area contributed by atoms with Crippen LogP contribution in [0.5, 0.6) is 0 Å². The summed E-state index contributed by atoms with van der Waals surface area (Å²) >= 11 is 0. The number of hydrogen-bond donors (Lipinski definition) is 2. The minimum Gasteiger partial charge on any atom is -0.466 e. The zero-order valence-electron chi connectivity index (χ0n) is 7.86. The number of carbonyl (C=O) groups is 1. The summed E-state index contributed by atoms with van der Waals surface area (Å²) < 4.78 is 4.44. The van der Waals surface area contributed by atoms with Crippen molar-refractivity contribution in [3.63, 3.8) is 0 Å². The minimum absolute atomic E-state index is 0.424. The molecule has 0 fully saturated rings. The maximum absolute atomic E-state index is 10.8. The highest BCUT2D eigenvalue weighted by Gasteiger charge is 1.99. The van der Waals surface area contributed by atoms with Gasteiger partial charge in [0, 0.05) is 6.08 Å². The molecule has 0 amide bonds. The Morgan fingerprint density at radius 3 is 2.79 bits per heavy atom. The van der Waals surface area contributed by atoms with Gasteiger partial charge in [-0.25, -0.2) is 4.79 Å². The lowest BCUT2D eigenvalue weighted by atomic mass is 10.1. The average Bonchev–Trinajstić information content (AvgIpc) is 2.20. The normalized spacial score (nSPS) is 10.4. The Kier molecular flexibility index (Phi) is 3.12. The van der Waals surface area contributed by atoms with Gasteiger partial charge in [0.1, 0.15) is 0 Å². The summed E-state index contributed by atoms with van der Waals surface area (Å²) in [7, 11) is 1.31. The Labute approximate surface area is 82.2 Å². The first-order valence-corrected chi connectivity index (χ1v) is 4.05. The molecule has 0 spiro atoms. The zero-order valence-corrected chi connectivity index (χ0v) is 7.86. The largest absolute Gasteiger partial charge is 0.466 e. The number of nitrogen functional groups attached to an aromatic ring is 2. The average molecular weight is 192 g/mol. The van der Waals surface area contributed by atoms with Crippen molar-refractivity contribution >= 4 is 23.4 Å². The second-order valence-corrected chi connectivity index (χ2v) is 2.71. The molecule has 0 aliphatic heterocycles. The summed E-state index contributed by atoms with van der Waals surface area (Å²) in [5, 5.41) is 0. The lowest BCUT2D eigenvalue weighted by Gasteiger charge is -2.02. The maximum atomic E-state index is 10.8. The molecule has 1 aromatic carbocycles. The van der Waals surface area contributed by atoms with E-state index in [1.807, 2.05) is 0 Å². The summed E-state index contributed by atoms with van der Waals surface area (Å²) in [6.45, 7) is 0. The topological polar surface area (TPSA) is 78.3 Å². The van der Waals surface area contributed by atoms with E-state index in [2.05, 4.69) is 4.74 Å². The molecule has 1 rings (SSSR count). The summed E-state index contributed by atoms with van der Waals surface area (Å²) in [5.74, 6) is -0.424. The summed E-state index contributed by atoms with van der Waals surface area (Å²) in [6.07, 6.45) is 2.86. The summed E-state index contributed by atoms with van der Waals surface area (Å²) in [6, 6.07) is 5.23. The molecule has 74 valence electrons. The van der Waals surface area contributed by atoms with E-state index in [0.29, 0.717) is 16.9 Å². The second-order valence-electron chi connectivity index (χ2n) is 2.71. The van der Waals surface area contributed by atoms with E-state index in [-0.39, 0.29) is 0 Å². The van der Waals surface area contributed by atoms with Gasteiger partial charge in [0.05, 0.1) is 18.5 Å². The van der Waals surface area contributed by atoms with Gasteiger partial charge in [-0.1, -0.05) is 12.1 Å². The van der Waals surface area contributed by atoms with Crippen molar-refractivity contribution < 1.29 is 9.53 Å². The van der Waals surface area contributed by atoms with Crippen LogP contribution in [0.25, 0.3) is 6.08 Å². The molecular formula is C10H12N2O2.